The average molecular weight is 360 g/mol. The number of amides is 1. The molecule has 4 nitrogen and oxygen atoms in total. The van der Waals surface area contributed by atoms with E-state index < -0.39 is 11.6 Å². The van der Waals surface area contributed by atoms with Crippen molar-refractivity contribution < 1.29 is 18.3 Å². The first-order valence-electron chi connectivity index (χ1n) is 8.66. The zero-order chi connectivity index (χ0) is 18.7. The van der Waals surface area contributed by atoms with Crippen LogP contribution in [0, 0.1) is 11.6 Å². The minimum atomic E-state index is -0.839. The van der Waals surface area contributed by atoms with Crippen molar-refractivity contribution in [1.82, 2.24) is 5.32 Å². The van der Waals surface area contributed by atoms with Crippen molar-refractivity contribution >= 4 is 11.6 Å². The van der Waals surface area contributed by atoms with Gasteiger partial charge in [0.25, 0.3) is 0 Å². The van der Waals surface area contributed by atoms with E-state index in [2.05, 4.69) is 5.32 Å². The van der Waals surface area contributed by atoms with Crippen LogP contribution >= 0.6 is 0 Å². The van der Waals surface area contributed by atoms with Gasteiger partial charge < -0.3 is 15.0 Å². The second kappa shape index (κ2) is 7.72. The molecule has 1 heterocycles. The highest BCUT2D eigenvalue weighted by atomic mass is 19.2. The van der Waals surface area contributed by atoms with Crippen molar-refractivity contribution in [2.75, 3.05) is 18.0 Å². The molecule has 0 bridgehead atoms. The largest absolute Gasteiger partial charge is 0.489 e. The molecule has 1 aliphatic heterocycles. The lowest BCUT2D eigenvalue weighted by Gasteiger charge is -2.19. The summed E-state index contributed by atoms with van der Waals surface area (Å²) >= 11 is 0. The van der Waals surface area contributed by atoms with Gasteiger partial charge >= 0.3 is 0 Å². The van der Waals surface area contributed by atoms with Crippen LogP contribution in [-0.4, -0.2) is 25.1 Å². The van der Waals surface area contributed by atoms with Crippen molar-refractivity contribution in [3.63, 3.8) is 0 Å². The highest BCUT2D eigenvalue weighted by Crippen LogP contribution is 2.26. The van der Waals surface area contributed by atoms with E-state index in [-0.39, 0.29) is 18.1 Å². The van der Waals surface area contributed by atoms with Gasteiger partial charge in [0.2, 0.25) is 5.91 Å². The van der Waals surface area contributed by atoms with Crippen LogP contribution in [0.25, 0.3) is 0 Å². The van der Waals surface area contributed by atoms with E-state index in [1.165, 1.54) is 13.0 Å². The van der Waals surface area contributed by atoms with Gasteiger partial charge in [-0.25, -0.2) is 8.78 Å². The van der Waals surface area contributed by atoms with Crippen LogP contribution in [0.3, 0.4) is 0 Å². The van der Waals surface area contributed by atoms with Crippen molar-refractivity contribution in [2.45, 2.75) is 32.4 Å². The molecule has 26 heavy (non-hydrogen) atoms. The van der Waals surface area contributed by atoms with Gasteiger partial charge in [-0.15, -0.1) is 0 Å². The Morgan fingerprint density at radius 1 is 1.19 bits per heavy atom. The molecule has 1 N–H and O–H groups in total. The van der Waals surface area contributed by atoms with Gasteiger partial charge in [0.1, 0.15) is 11.9 Å². The normalized spacial score (nSPS) is 17.8. The summed E-state index contributed by atoms with van der Waals surface area (Å²) < 4.78 is 32.5. The second-order valence-electron chi connectivity index (χ2n) is 6.56. The maximum atomic E-state index is 13.4. The Labute approximate surface area is 151 Å². The minimum Gasteiger partial charge on any atom is -0.489 e. The topological polar surface area (TPSA) is 41.6 Å². The Hall–Kier alpha value is -2.63. The van der Waals surface area contributed by atoms with Gasteiger partial charge in [0, 0.05) is 31.6 Å². The predicted molar refractivity (Wildman–Crippen MR) is 96.3 cm³/mol. The summed E-state index contributed by atoms with van der Waals surface area (Å²) in [6, 6.07) is 11.5. The SMILES string of the molecule is CC(=O)NC(C)c1ccc(OC2CCN(c3ccc(F)c(F)c3)C2)cc1. The third kappa shape index (κ3) is 4.31. The van der Waals surface area contributed by atoms with E-state index in [9.17, 15) is 13.6 Å². The van der Waals surface area contributed by atoms with Crippen molar-refractivity contribution in [1.29, 1.82) is 0 Å². The number of carbonyl (C=O) groups excluding carboxylic acids is 1. The molecule has 2 aromatic rings. The molecular formula is C20H22F2N2O2. The number of rotatable bonds is 5. The van der Waals surface area contributed by atoms with Crippen LogP contribution in [0.5, 0.6) is 5.75 Å². The number of anilines is 1. The quantitative estimate of drug-likeness (QED) is 0.881. The molecule has 0 radical (unpaired) electrons. The highest BCUT2D eigenvalue weighted by Gasteiger charge is 2.25. The average Bonchev–Trinajstić information content (AvgIpc) is 3.06. The second-order valence-corrected chi connectivity index (χ2v) is 6.56. The summed E-state index contributed by atoms with van der Waals surface area (Å²) in [5.74, 6) is -0.993. The molecule has 0 aliphatic carbocycles. The number of nitrogens with zero attached hydrogens (tertiary/aromatic N) is 1. The van der Waals surface area contributed by atoms with E-state index in [1.807, 2.05) is 36.1 Å². The molecule has 3 rings (SSSR count). The van der Waals surface area contributed by atoms with Crippen LogP contribution < -0.4 is 15.0 Å². The molecule has 6 heteroatoms. The Morgan fingerprint density at radius 3 is 2.58 bits per heavy atom. The van der Waals surface area contributed by atoms with Gasteiger partial charge in [-0.2, -0.15) is 0 Å². The lowest BCUT2D eigenvalue weighted by Crippen LogP contribution is -2.25. The van der Waals surface area contributed by atoms with Crippen molar-refractivity contribution in [3.05, 3.63) is 59.7 Å². The third-order valence-electron chi connectivity index (χ3n) is 4.52. The Balaban J connectivity index is 1.58. The zero-order valence-electron chi connectivity index (χ0n) is 14.8. The van der Waals surface area contributed by atoms with Crippen LogP contribution in [-0.2, 0) is 4.79 Å². The van der Waals surface area contributed by atoms with Crippen LogP contribution in [0.2, 0.25) is 0 Å². The van der Waals surface area contributed by atoms with E-state index in [0.29, 0.717) is 12.2 Å². The maximum absolute atomic E-state index is 13.4. The zero-order valence-corrected chi connectivity index (χ0v) is 14.8. The summed E-state index contributed by atoms with van der Waals surface area (Å²) in [6.45, 7) is 4.77. The monoisotopic (exact) mass is 360 g/mol. The fourth-order valence-corrected chi connectivity index (χ4v) is 3.16. The standard InChI is InChI=1S/C20H22F2N2O2/c1-13(23-14(2)25)15-3-6-17(7-4-15)26-18-9-10-24(12-18)16-5-8-19(21)20(22)11-16/h3-8,11,13,18H,9-10,12H2,1-2H3,(H,23,25). The molecule has 1 amide bonds. The molecule has 1 aliphatic rings. The van der Waals surface area contributed by atoms with Crippen LogP contribution in [0.4, 0.5) is 14.5 Å². The number of nitrogens with one attached hydrogen (secondary N) is 1. The van der Waals surface area contributed by atoms with E-state index in [1.54, 1.807) is 6.07 Å². The molecule has 2 atom stereocenters. The van der Waals surface area contributed by atoms with Crippen LogP contribution in [0.1, 0.15) is 31.9 Å². The first-order chi connectivity index (χ1) is 12.4. The van der Waals surface area contributed by atoms with E-state index in [4.69, 9.17) is 4.74 Å². The summed E-state index contributed by atoms with van der Waals surface area (Å²) in [5, 5.41) is 2.84. The molecule has 0 spiro atoms. The lowest BCUT2D eigenvalue weighted by molar-refractivity contribution is -0.119. The summed E-state index contributed by atoms with van der Waals surface area (Å²) in [6.07, 6.45) is 0.796. The van der Waals surface area contributed by atoms with E-state index in [0.717, 1.165) is 30.3 Å². The highest BCUT2D eigenvalue weighted by molar-refractivity contribution is 5.73. The lowest BCUT2D eigenvalue weighted by atomic mass is 10.1. The van der Waals surface area contributed by atoms with Crippen LogP contribution in [0.15, 0.2) is 42.5 Å². The number of hydrogen-bond donors (Lipinski definition) is 1. The Morgan fingerprint density at radius 2 is 1.92 bits per heavy atom. The number of hydrogen-bond acceptors (Lipinski definition) is 3. The van der Waals surface area contributed by atoms with Crippen molar-refractivity contribution in [3.8, 4) is 5.75 Å². The minimum absolute atomic E-state index is 0.0123. The third-order valence-corrected chi connectivity index (χ3v) is 4.52. The van der Waals surface area contributed by atoms with Gasteiger partial charge in [-0.3, -0.25) is 4.79 Å². The maximum Gasteiger partial charge on any atom is 0.217 e. The number of benzene rings is 2. The fraction of sp³-hybridized carbons (Fsp3) is 0.350. The van der Waals surface area contributed by atoms with Gasteiger partial charge in [-0.1, -0.05) is 12.1 Å². The molecule has 2 unspecified atom stereocenters. The summed E-state index contributed by atoms with van der Waals surface area (Å²) in [4.78, 5) is 13.1. The van der Waals surface area contributed by atoms with Gasteiger partial charge in [0.05, 0.1) is 12.6 Å². The Bertz CT molecular complexity index is 780. The smallest absolute Gasteiger partial charge is 0.217 e. The van der Waals surface area contributed by atoms with E-state index >= 15 is 0 Å². The molecule has 2 aromatic carbocycles. The Kier molecular flexibility index (Phi) is 5.40. The molecule has 138 valence electrons. The van der Waals surface area contributed by atoms with Gasteiger partial charge in [0.15, 0.2) is 11.6 Å². The first kappa shape index (κ1) is 18.2. The molecule has 1 fully saturated rings. The predicted octanol–water partition coefficient (Wildman–Crippen LogP) is 3.82. The summed E-state index contributed by atoms with van der Waals surface area (Å²) in [5.41, 5.74) is 1.66. The number of halogens is 2. The van der Waals surface area contributed by atoms with Gasteiger partial charge in [-0.05, 0) is 36.8 Å². The first-order valence-corrected chi connectivity index (χ1v) is 8.66. The fourth-order valence-electron chi connectivity index (χ4n) is 3.16. The number of ether oxygens (including phenoxy) is 1. The number of carbonyl (C=O) groups is 1. The molecular weight excluding hydrogens is 338 g/mol. The molecule has 1 saturated heterocycles. The summed E-state index contributed by atoms with van der Waals surface area (Å²) in [7, 11) is 0. The van der Waals surface area contributed by atoms with Crippen molar-refractivity contribution in [2.24, 2.45) is 0 Å². The molecule has 0 saturated carbocycles. The molecule has 0 aromatic heterocycles.